The number of hydrogen-bond acceptors (Lipinski definition) is 4. The fourth-order valence-corrected chi connectivity index (χ4v) is 5.71. The number of rotatable bonds is 9. The number of benzene rings is 3. The normalized spacial score (nSPS) is 17.7. The van der Waals surface area contributed by atoms with E-state index in [0.717, 1.165) is 75.4 Å². The van der Waals surface area contributed by atoms with Crippen LogP contribution in [0.1, 0.15) is 70.4 Å². The summed E-state index contributed by atoms with van der Waals surface area (Å²) in [5.41, 5.74) is 3.32. The Hall–Kier alpha value is -3.02. The molecule has 0 aliphatic carbocycles. The Balaban J connectivity index is 1.05. The standard InChI is InChI=1S/C31H36N2O3/c1-23-12-14-24(15-13-23)7-6-16-31(36)17-21-32(22-18-31)19-2-3-20-33-29(34)26-10-4-8-25-9-5-11-27(28(25)26)30(33)35/h4-5,8-15,36H,2-3,6-7,16-22H2,1H3. The van der Waals surface area contributed by atoms with Crippen molar-refractivity contribution in [3.05, 3.63) is 82.9 Å². The first kappa shape index (κ1) is 24.7. The van der Waals surface area contributed by atoms with Gasteiger partial charge in [0.25, 0.3) is 11.8 Å². The van der Waals surface area contributed by atoms with Gasteiger partial charge in [0.2, 0.25) is 0 Å². The number of carbonyl (C=O) groups is 2. The van der Waals surface area contributed by atoms with Crippen molar-refractivity contribution in [2.75, 3.05) is 26.2 Å². The van der Waals surface area contributed by atoms with Crippen LogP contribution in [-0.2, 0) is 6.42 Å². The van der Waals surface area contributed by atoms with Crippen molar-refractivity contribution in [3.63, 3.8) is 0 Å². The van der Waals surface area contributed by atoms with Crippen molar-refractivity contribution in [2.24, 2.45) is 0 Å². The third kappa shape index (κ3) is 5.23. The molecule has 5 rings (SSSR count). The average Bonchev–Trinajstić information content (AvgIpc) is 2.89. The lowest BCUT2D eigenvalue weighted by Gasteiger charge is -2.38. The predicted molar refractivity (Wildman–Crippen MR) is 143 cm³/mol. The van der Waals surface area contributed by atoms with E-state index < -0.39 is 5.60 Å². The summed E-state index contributed by atoms with van der Waals surface area (Å²) in [6, 6.07) is 20.0. The van der Waals surface area contributed by atoms with Crippen molar-refractivity contribution < 1.29 is 14.7 Å². The molecule has 36 heavy (non-hydrogen) atoms. The molecule has 1 N–H and O–H groups in total. The molecule has 0 aromatic heterocycles. The summed E-state index contributed by atoms with van der Waals surface area (Å²) >= 11 is 0. The number of nitrogens with zero attached hydrogens (tertiary/aromatic N) is 2. The number of unbranched alkanes of at least 4 members (excludes halogenated alkanes) is 1. The van der Waals surface area contributed by atoms with Crippen LogP contribution in [0.2, 0.25) is 0 Å². The topological polar surface area (TPSA) is 60.9 Å². The van der Waals surface area contributed by atoms with Crippen molar-refractivity contribution in [2.45, 2.75) is 57.5 Å². The molecular weight excluding hydrogens is 448 g/mol. The van der Waals surface area contributed by atoms with Gasteiger partial charge < -0.3 is 10.0 Å². The van der Waals surface area contributed by atoms with Crippen LogP contribution >= 0.6 is 0 Å². The first-order chi connectivity index (χ1) is 17.4. The Morgan fingerprint density at radius 3 is 2.06 bits per heavy atom. The lowest BCUT2D eigenvalue weighted by Crippen LogP contribution is -2.45. The monoisotopic (exact) mass is 484 g/mol. The van der Waals surface area contributed by atoms with Crippen LogP contribution < -0.4 is 0 Å². The zero-order valence-corrected chi connectivity index (χ0v) is 21.2. The maximum absolute atomic E-state index is 13.0. The molecule has 188 valence electrons. The van der Waals surface area contributed by atoms with Crippen LogP contribution in [0.25, 0.3) is 10.8 Å². The summed E-state index contributed by atoms with van der Waals surface area (Å²) in [6.07, 6.45) is 6.20. The molecule has 2 aliphatic heterocycles. The van der Waals surface area contributed by atoms with E-state index in [4.69, 9.17) is 0 Å². The Morgan fingerprint density at radius 1 is 0.806 bits per heavy atom. The molecule has 3 aromatic rings. The highest BCUT2D eigenvalue weighted by Gasteiger charge is 2.33. The van der Waals surface area contributed by atoms with Crippen molar-refractivity contribution in [1.29, 1.82) is 0 Å². The van der Waals surface area contributed by atoms with Crippen molar-refractivity contribution in [1.82, 2.24) is 9.80 Å². The second kappa shape index (κ2) is 10.5. The Kier molecular flexibility index (Phi) is 7.22. The SMILES string of the molecule is Cc1ccc(CCCC2(O)CCN(CCCCN3C(=O)c4cccc5cccc(c45)C3=O)CC2)cc1. The average molecular weight is 485 g/mol. The molecule has 1 fully saturated rings. The van der Waals surface area contributed by atoms with E-state index >= 15 is 0 Å². The lowest BCUT2D eigenvalue weighted by atomic mass is 9.86. The predicted octanol–water partition coefficient (Wildman–Crippen LogP) is 5.37. The van der Waals surface area contributed by atoms with E-state index in [1.165, 1.54) is 16.0 Å². The van der Waals surface area contributed by atoms with Gasteiger partial charge in [-0.3, -0.25) is 14.5 Å². The number of amides is 2. The van der Waals surface area contributed by atoms with Crippen LogP contribution in [0, 0.1) is 6.92 Å². The molecule has 5 heteroatoms. The maximum atomic E-state index is 13.0. The molecule has 0 atom stereocenters. The van der Waals surface area contributed by atoms with Gasteiger partial charge >= 0.3 is 0 Å². The van der Waals surface area contributed by atoms with E-state index in [2.05, 4.69) is 36.1 Å². The Bertz CT molecular complexity index is 1190. The lowest BCUT2D eigenvalue weighted by molar-refractivity contribution is -0.0290. The van der Waals surface area contributed by atoms with Crippen LogP contribution in [0.3, 0.4) is 0 Å². The largest absolute Gasteiger partial charge is 0.390 e. The minimum absolute atomic E-state index is 0.182. The van der Waals surface area contributed by atoms with E-state index in [0.29, 0.717) is 17.7 Å². The van der Waals surface area contributed by atoms with Crippen LogP contribution in [0.15, 0.2) is 60.7 Å². The molecular formula is C31H36N2O3. The summed E-state index contributed by atoms with van der Waals surface area (Å²) in [5, 5.41) is 12.8. The molecule has 2 heterocycles. The summed E-state index contributed by atoms with van der Waals surface area (Å²) in [4.78, 5) is 29.9. The van der Waals surface area contributed by atoms with Gasteiger partial charge in [-0.05, 0) is 81.5 Å². The molecule has 0 spiro atoms. The van der Waals surface area contributed by atoms with Gasteiger partial charge in [0.15, 0.2) is 0 Å². The van der Waals surface area contributed by atoms with Crippen molar-refractivity contribution in [3.8, 4) is 0 Å². The molecule has 0 radical (unpaired) electrons. The zero-order chi connectivity index (χ0) is 25.1. The number of likely N-dealkylation sites (tertiary alicyclic amines) is 1. The minimum atomic E-state index is -0.553. The van der Waals surface area contributed by atoms with E-state index in [1.54, 1.807) is 0 Å². The highest BCUT2D eigenvalue weighted by atomic mass is 16.3. The fourth-order valence-electron chi connectivity index (χ4n) is 5.71. The molecule has 2 amide bonds. The molecule has 3 aromatic carbocycles. The molecule has 0 unspecified atom stereocenters. The summed E-state index contributed by atoms with van der Waals surface area (Å²) in [7, 11) is 0. The highest BCUT2D eigenvalue weighted by molar-refractivity contribution is 6.25. The third-order valence-corrected chi connectivity index (χ3v) is 7.98. The number of aliphatic hydroxyl groups is 1. The van der Waals surface area contributed by atoms with E-state index in [-0.39, 0.29) is 11.8 Å². The van der Waals surface area contributed by atoms with Crippen LogP contribution in [0.5, 0.6) is 0 Å². The quantitative estimate of drug-likeness (QED) is 0.327. The maximum Gasteiger partial charge on any atom is 0.261 e. The number of carbonyl (C=O) groups excluding carboxylic acids is 2. The Morgan fingerprint density at radius 2 is 1.42 bits per heavy atom. The minimum Gasteiger partial charge on any atom is -0.390 e. The van der Waals surface area contributed by atoms with Gasteiger partial charge in [-0.1, -0.05) is 54.1 Å². The summed E-state index contributed by atoms with van der Waals surface area (Å²) < 4.78 is 0. The summed E-state index contributed by atoms with van der Waals surface area (Å²) in [5.74, 6) is -0.365. The molecule has 0 saturated carbocycles. The molecule has 5 nitrogen and oxygen atoms in total. The first-order valence-electron chi connectivity index (χ1n) is 13.3. The molecule has 2 aliphatic rings. The van der Waals surface area contributed by atoms with Crippen molar-refractivity contribution >= 4 is 22.6 Å². The van der Waals surface area contributed by atoms with Crippen LogP contribution in [-0.4, -0.2) is 58.5 Å². The van der Waals surface area contributed by atoms with Gasteiger partial charge in [0.1, 0.15) is 0 Å². The fraction of sp³-hybridized carbons (Fsp3) is 0.419. The van der Waals surface area contributed by atoms with Gasteiger partial charge in [-0.2, -0.15) is 0 Å². The molecule has 1 saturated heterocycles. The second-order valence-electron chi connectivity index (χ2n) is 10.6. The first-order valence-corrected chi connectivity index (χ1v) is 13.3. The van der Waals surface area contributed by atoms with Gasteiger partial charge in [0, 0.05) is 36.1 Å². The zero-order valence-electron chi connectivity index (χ0n) is 21.2. The summed E-state index contributed by atoms with van der Waals surface area (Å²) in [6.45, 7) is 5.28. The second-order valence-corrected chi connectivity index (χ2v) is 10.6. The third-order valence-electron chi connectivity index (χ3n) is 7.98. The number of hydrogen-bond donors (Lipinski definition) is 1. The number of piperidine rings is 1. The molecule has 0 bridgehead atoms. The van der Waals surface area contributed by atoms with Gasteiger partial charge in [0.05, 0.1) is 5.60 Å². The van der Waals surface area contributed by atoms with Crippen LogP contribution in [0.4, 0.5) is 0 Å². The number of imide groups is 1. The Labute approximate surface area is 213 Å². The number of aryl methyl sites for hydroxylation is 2. The van der Waals surface area contributed by atoms with Gasteiger partial charge in [-0.25, -0.2) is 0 Å². The highest BCUT2D eigenvalue weighted by Crippen LogP contribution is 2.31. The van der Waals surface area contributed by atoms with E-state index in [1.807, 2.05) is 36.4 Å². The van der Waals surface area contributed by atoms with Gasteiger partial charge in [-0.15, -0.1) is 0 Å². The van der Waals surface area contributed by atoms with E-state index in [9.17, 15) is 14.7 Å². The smallest absolute Gasteiger partial charge is 0.261 e.